The molecule has 1 N–H and O–H groups in total. The van der Waals surface area contributed by atoms with Crippen LogP contribution in [-0.4, -0.2) is 21.5 Å². The van der Waals surface area contributed by atoms with E-state index in [1.54, 1.807) is 6.20 Å². The van der Waals surface area contributed by atoms with Gasteiger partial charge in [0.2, 0.25) is 5.95 Å². The molecule has 0 fully saturated rings. The Morgan fingerprint density at radius 2 is 2.06 bits per heavy atom. The SMILES string of the molecule is CCCNc1nc(C)cc(-c2cncc(F)c2)n1. The molecule has 0 aromatic carbocycles. The average molecular weight is 246 g/mol. The molecule has 0 amide bonds. The van der Waals surface area contributed by atoms with E-state index in [9.17, 15) is 4.39 Å². The molecule has 0 aliphatic rings. The van der Waals surface area contributed by atoms with Gasteiger partial charge in [-0.3, -0.25) is 4.98 Å². The highest BCUT2D eigenvalue weighted by atomic mass is 19.1. The molecule has 0 aliphatic heterocycles. The van der Waals surface area contributed by atoms with E-state index < -0.39 is 0 Å². The summed E-state index contributed by atoms with van der Waals surface area (Å²) in [6.45, 7) is 4.76. The summed E-state index contributed by atoms with van der Waals surface area (Å²) >= 11 is 0. The smallest absolute Gasteiger partial charge is 0.223 e. The van der Waals surface area contributed by atoms with Gasteiger partial charge in [-0.25, -0.2) is 14.4 Å². The van der Waals surface area contributed by atoms with Crippen molar-refractivity contribution in [3.63, 3.8) is 0 Å². The van der Waals surface area contributed by atoms with Gasteiger partial charge in [0.15, 0.2) is 0 Å². The molecule has 2 aromatic heterocycles. The molecule has 2 aromatic rings. The summed E-state index contributed by atoms with van der Waals surface area (Å²) in [6, 6.07) is 3.23. The third-order valence-electron chi connectivity index (χ3n) is 2.39. The Hall–Kier alpha value is -2.04. The quantitative estimate of drug-likeness (QED) is 0.901. The lowest BCUT2D eigenvalue weighted by Gasteiger charge is -2.07. The zero-order chi connectivity index (χ0) is 13.0. The van der Waals surface area contributed by atoms with Gasteiger partial charge in [-0.05, 0) is 25.5 Å². The number of hydrogen-bond donors (Lipinski definition) is 1. The van der Waals surface area contributed by atoms with E-state index >= 15 is 0 Å². The number of nitrogens with one attached hydrogen (secondary N) is 1. The summed E-state index contributed by atoms with van der Waals surface area (Å²) in [6.07, 6.45) is 3.76. The molecule has 2 heterocycles. The van der Waals surface area contributed by atoms with Crippen LogP contribution in [0.3, 0.4) is 0 Å². The second kappa shape index (κ2) is 5.53. The highest BCUT2D eigenvalue weighted by Crippen LogP contribution is 2.18. The van der Waals surface area contributed by atoms with Gasteiger partial charge < -0.3 is 5.32 Å². The number of aryl methyl sites for hydroxylation is 1. The molecule has 18 heavy (non-hydrogen) atoms. The van der Waals surface area contributed by atoms with Gasteiger partial charge in [-0.15, -0.1) is 0 Å². The molecule has 0 atom stereocenters. The van der Waals surface area contributed by atoms with Gasteiger partial charge in [0.25, 0.3) is 0 Å². The number of nitrogens with zero attached hydrogens (tertiary/aromatic N) is 3. The van der Waals surface area contributed by atoms with E-state index in [1.165, 1.54) is 12.3 Å². The van der Waals surface area contributed by atoms with E-state index in [2.05, 4.69) is 27.2 Å². The van der Waals surface area contributed by atoms with Crippen molar-refractivity contribution in [1.82, 2.24) is 15.0 Å². The fourth-order valence-corrected chi connectivity index (χ4v) is 1.58. The largest absolute Gasteiger partial charge is 0.354 e. The number of halogens is 1. The Bertz CT molecular complexity index is 542. The monoisotopic (exact) mass is 246 g/mol. The van der Waals surface area contributed by atoms with Crippen molar-refractivity contribution in [2.24, 2.45) is 0 Å². The fourth-order valence-electron chi connectivity index (χ4n) is 1.58. The van der Waals surface area contributed by atoms with E-state index in [4.69, 9.17) is 0 Å². The Kier molecular flexibility index (Phi) is 3.82. The Morgan fingerprint density at radius 1 is 1.22 bits per heavy atom. The van der Waals surface area contributed by atoms with Crippen LogP contribution in [0.5, 0.6) is 0 Å². The van der Waals surface area contributed by atoms with E-state index in [0.717, 1.165) is 18.7 Å². The van der Waals surface area contributed by atoms with Crippen molar-refractivity contribution in [3.05, 3.63) is 36.0 Å². The predicted molar refractivity (Wildman–Crippen MR) is 68.7 cm³/mol. The highest BCUT2D eigenvalue weighted by Gasteiger charge is 2.05. The third-order valence-corrected chi connectivity index (χ3v) is 2.39. The molecule has 5 heteroatoms. The van der Waals surface area contributed by atoms with Crippen LogP contribution < -0.4 is 5.32 Å². The van der Waals surface area contributed by atoms with Crippen LogP contribution in [-0.2, 0) is 0 Å². The van der Waals surface area contributed by atoms with Crippen molar-refractivity contribution in [2.45, 2.75) is 20.3 Å². The van der Waals surface area contributed by atoms with Crippen molar-refractivity contribution in [1.29, 1.82) is 0 Å². The van der Waals surface area contributed by atoms with Gasteiger partial charge in [-0.2, -0.15) is 0 Å². The Morgan fingerprint density at radius 3 is 2.78 bits per heavy atom. The summed E-state index contributed by atoms with van der Waals surface area (Å²) in [5.41, 5.74) is 2.16. The van der Waals surface area contributed by atoms with Crippen molar-refractivity contribution >= 4 is 5.95 Å². The van der Waals surface area contributed by atoms with Crippen LogP contribution in [0.25, 0.3) is 11.3 Å². The maximum absolute atomic E-state index is 13.1. The van der Waals surface area contributed by atoms with E-state index in [0.29, 0.717) is 17.2 Å². The molecule has 0 saturated carbocycles. The topological polar surface area (TPSA) is 50.7 Å². The van der Waals surface area contributed by atoms with E-state index in [-0.39, 0.29) is 5.82 Å². The van der Waals surface area contributed by atoms with Crippen molar-refractivity contribution in [2.75, 3.05) is 11.9 Å². The van der Waals surface area contributed by atoms with Crippen molar-refractivity contribution < 1.29 is 4.39 Å². The lowest BCUT2D eigenvalue weighted by molar-refractivity contribution is 0.622. The van der Waals surface area contributed by atoms with Crippen molar-refractivity contribution in [3.8, 4) is 11.3 Å². The van der Waals surface area contributed by atoms with Gasteiger partial charge in [-0.1, -0.05) is 6.92 Å². The Labute approximate surface area is 105 Å². The first kappa shape index (κ1) is 12.4. The summed E-state index contributed by atoms with van der Waals surface area (Å²) < 4.78 is 13.1. The first-order valence-electron chi connectivity index (χ1n) is 5.89. The van der Waals surface area contributed by atoms with Gasteiger partial charge in [0, 0.05) is 24.0 Å². The molecule has 0 bridgehead atoms. The molecule has 0 radical (unpaired) electrons. The third kappa shape index (κ3) is 3.00. The normalized spacial score (nSPS) is 10.4. The van der Waals surface area contributed by atoms with Gasteiger partial charge in [0.05, 0.1) is 11.9 Å². The number of hydrogen-bond acceptors (Lipinski definition) is 4. The Balaban J connectivity index is 2.35. The van der Waals surface area contributed by atoms with Gasteiger partial charge >= 0.3 is 0 Å². The average Bonchev–Trinajstić information content (AvgIpc) is 2.36. The molecule has 94 valence electrons. The first-order valence-corrected chi connectivity index (χ1v) is 5.89. The summed E-state index contributed by atoms with van der Waals surface area (Å²) in [4.78, 5) is 12.5. The molecule has 0 spiro atoms. The fraction of sp³-hybridized carbons (Fsp3) is 0.308. The number of anilines is 1. The molecular weight excluding hydrogens is 231 g/mol. The van der Waals surface area contributed by atoms with Crippen LogP contribution in [0.2, 0.25) is 0 Å². The molecule has 0 saturated heterocycles. The van der Waals surface area contributed by atoms with Crippen LogP contribution >= 0.6 is 0 Å². The number of aromatic nitrogens is 3. The summed E-state index contributed by atoms with van der Waals surface area (Å²) in [5, 5.41) is 3.12. The number of pyridine rings is 1. The molecular formula is C13H15FN4. The molecule has 0 unspecified atom stereocenters. The lowest BCUT2D eigenvalue weighted by atomic mass is 10.2. The predicted octanol–water partition coefficient (Wildman–Crippen LogP) is 2.81. The molecule has 4 nitrogen and oxygen atoms in total. The second-order valence-electron chi connectivity index (χ2n) is 4.04. The standard InChI is InChI=1S/C13H15FN4/c1-3-4-16-13-17-9(2)5-12(18-13)10-6-11(14)8-15-7-10/h5-8H,3-4H2,1-2H3,(H,16,17,18). The minimum absolute atomic E-state index is 0.369. The van der Waals surface area contributed by atoms with Gasteiger partial charge in [0.1, 0.15) is 5.82 Å². The van der Waals surface area contributed by atoms with Crippen LogP contribution in [0, 0.1) is 12.7 Å². The summed E-state index contributed by atoms with van der Waals surface area (Å²) in [7, 11) is 0. The minimum atomic E-state index is -0.369. The molecule has 0 aliphatic carbocycles. The maximum atomic E-state index is 13.1. The lowest BCUT2D eigenvalue weighted by Crippen LogP contribution is -2.05. The molecule has 2 rings (SSSR count). The number of rotatable bonds is 4. The minimum Gasteiger partial charge on any atom is -0.354 e. The van der Waals surface area contributed by atoms with E-state index in [1.807, 2.05) is 13.0 Å². The van der Waals surface area contributed by atoms with Crippen LogP contribution in [0.15, 0.2) is 24.5 Å². The van der Waals surface area contributed by atoms with Crippen LogP contribution in [0.4, 0.5) is 10.3 Å². The van der Waals surface area contributed by atoms with Crippen LogP contribution in [0.1, 0.15) is 19.0 Å². The zero-order valence-corrected chi connectivity index (χ0v) is 10.4. The summed E-state index contributed by atoms with van der Waals surface area (Å²) in [5.74, 6) is 0.197. The second-order valence-corrected chi connectivity index (χ2v) is 4.04. The maximum Gasteiger partial charge on any atom is 0.223 e. The highest BCUT2D eigenvalue weighted by molar-refractivity contribution is 5.59. The first-order chi connectivity index (χ1) is 8.69. The zero-order valence-electron chi connectivity index (χ0n) is 10.4.